The Kier molecular flexibility index (Phi) is 4.58. The second kappa shape index (κ2) is 5.51. The molecule has 1 fully saturated rings. The number of methoxy groups -OCH3 is 2. The third-order valence-electron chi connectivity index (χ3n) is 2.45. The Hall–Kier alpha value is -0.120. The van der Waals surface area contributed by atoms with Gasteiger partial charge < -0.3 is 14.8 Å². The van der Waals surface area contributed by atoms with Crippen molar-refractivity contribution >= 4 is 0 Å². The van der Waals surface area contributed by atoms with E-state index >= 15 is 0 Å². The van der Waals surface area contributed by atoms with Crippen molar-refractivity contribution in [1.82, 2.24) is 5.32 Å². The van der Waals surface area contributed by atoms with Gasteiger partial charge in [0.05, 0.1) is 13.2 Å². The minimum Gasteiger partial charge on any atom is -0.384 e. The van der Waals surface area contributed by atoms with E-state index in [4.69, 9.17) is 9.47 Å². The van der Waals surface area contributed by atoms with Crippen molar-refractivity contribution in [2.24, 2.45) is 5.92 Å². The van der Waals surface area contributed by atoms with E-state index in [9.17, 15) is 0 Å². The number of hydrogen-bond acceptors (Lipinski definition) is 3. The highest BCUT2D eigenvalue weighted by atomic mass is 16.5. The number of hydrogen-bond donors (Lipinski definition) is 1. The maximum Gasteiger partial charge on any atom is 0.0619 e. The molecule has 0 aliphatic carbocycles. The van der Waals surface area contributed by atoms with Crippen LogP contribution >= 0.6 is 0 Å². The van der Waals surface area contributed by atoms with Gasteiger partial charge >= 0.3 is 0 Å². The molecule has 72 valence electrons. The molecule has 0 radical (unpaired) electrons. The van der Waals surface area contributed by atoms with E-state index < -0.39 is 0 Å². The zero-order chi connectivity index (χ0) is 8.81. The zero-order valence-electron chi connectivity index (χ0n) is 8.01. The van der Waals surface area contributed by atoms with Crippen LogP contribution in [0.15, 0.2) is 0 Å². The second-order valence-corrected chi connectivity index (χ2v) is 3.37. The highest BCUT2D eigenvalue weighted by Gasteiger charge is 2.23. The normalized spacial score (nSPS) is 30.5. The molecule has 0 bridgehead atoms. The van der Waals surface area contributed by atoms with E-state index in [2.05, 4.69) is 5.32 Å². The van der Waals surface area contributed by atoms with Crippen LogP contribution in [0.1, 0.15) is 12.8 Å². The third kappa shape index (κ3) is 2.73. The van der Waals surface area contributed by atoms with Gasteiger partial charge in [-0.1, -0.05) is 0 Å². The molecule has 1 aliphatic heterocycles. The van der Waals surface area contributed by atoms with Crippen LogP contribution in [-0.4, -0.2) is 40.0 Å². The van der Waals surface area contributed by atoms with Gasteiger partial charge in [0, 0.05) is 20.3 Å². The molecular formula is C9H19NO2. The van der Waals surface area contributed by atoms with Crippen LogP contribution in [0.3, 0.4) is 0 Å². The van der Waals surface area contributed by atoms with Gasteiger partial charge in [0.25, 0.3) is 0 Å². The van der Waals surface area contributed by atoms with Gasteiger partial charge in [0.15, 0.2) is 0 Å². The van der Waals surface area contributed by atoms with Crippen molar-refractivity contribution in [3.63, 3.8) is 0 Å². The molecule has 0 aromatic rings. The number of ether oxygens (including phenoxy) is 2. The van der Waals surface area contributed by atoms with Crippen LogP contribution in [0.4, 0.5) is 0 Å². The van der Waals surface area contributed by atoms with Gasteiger partial charge in [-0.25, -0.2) is 0 Å². The summed E-state index contributed by atoms with van der Waals surface area (Å²) in [5.74, 6) is 0.628. The van der Waals surface area contributed by atoms with Gasteiger partial charge in [-0.2, -0.15) is 0 Å². The lowest BCUT2D eigenvalue weighted by atomic mass is 9.92. The lowest BCUT2D eigenvalue weighted by Crippen LogP contribution is -2.45. The molecule has 2 unspecified atom stereocenters. The number of piperidine rings is 1. The molecular weight excluding hydrogens is 154 g/mol. The van der Waals surface area contributed by atoms with Crippen LogP contribution < -0.4 is 5.32 Å². The Bertz CT molecular complexity index is 101. The number of nitrogens with one attached hydrogen (secondary N) is 1. The predicted molar refractivity (Wildman–Crippen MR) is 48.3 cm³/mol. The molecule has 1 saturated heterocycles. The first-order valence-electron chi connectivity index (χ1n) is 4.59. The molecule has 0 spiro atoms. The van der Waals surface area contributed by atoms with Crippen LogP contribution in [0, 0.1) is 5.92 Å². The standard InChI is InChI=1S/C9H19NO2/c1-11-6-8-4-3-5-10-9(8)7-12-2/h8-10H,3-7H2,1-2H3. The molecule has 1 aliphatic rings. The maximum absolute atomic E-state index is 5.16. The maximum atomic E-state index is 5.16. The molecule has 0 saturated carbocycles. The summed E-state index contributed by atoms with van der Waals surface area (Å²) in [5.41, 5.74) is 0. The van der Waals surface area contributed by atoms with Gasteiger partial charge in [0.2, 0.25) is 0 Å². The Morgan fingerprint density at radius 2 is 2.00 bits per heavy atom. The smallest absolute Gasteiger partial charge is 0.0619 e. The Balaban J connectivity index is 2.31. The minimum atomic E-state index is 0.490. The largest absolute Gasteiger partial charge is 0.384 e. The van der Waals surface area contributed by atoms with Crippen molar-refractivity contribution in [1.29, 1.82) is 0 Å². The lowest BCUT2D eigenvalue weighted by Gasteiger charge is -2.31. The Labute approximate surface area is 74.4 Å². The van der Waals surface area contributed by atoms with Crippen LogP contribution in [-0.2, 0) is 9.47 Å². The molecule has 0 aromatic heterocycles. The van der Waals surface area contributed by atoms with Crippen molar-refractivity contribution in [3.8, 4) is 0 Å². The van der Waals surface area contributed by atoms with Crippen molar-refractivity contribution in [2.45, 2.75) is 18.9 Å². The fourth-order valence-corrected chi connectivity index (χ4v) is 1.81. The summed E-state index contributed by atoms with van der Waals surface area (Å²) in [6.45, 7) is 2.77. The molecule has 1 heterocycles. The van der Waals surface area contributed by atoms with Gasteiger partial charge in [-0.05, 0) is 25.3 Å². The quantitative estimate of drug-likeness (QED) is 0.677. The van der Waals surface area contributed by atoms with Gasteiger partial charge in [-0.3, -0.25) is 0 Å². The van der Waals surface area contributed by atoms with E-state index in [1.165, 1.54) is 12.8 Å². The molecule has 1 N–H and O–H groups in total. The highest BCUT2D eigenvalue weighted by Crippen LogP contribution is 2.16. The Morgan fingerprint density at radius 3 is 2.67 bits per heavy atom. The third-order valence-corrected chi connectivity index (χ3v) is 2.45. The summed E-state index contributed by atoms with van der Waals surface area (Å²) >= 11 is 0. The average molecular weight is 173 g/mol. The van der Waals surface area contributed by atoms with Gasteiger partial charge in [0.1, 0.15) is 0 Å². The molecule has 12 heavy (non-hydrogen) atoms. The summed E-state index contributed by atoms with van der Waals surface area (Å²) < 4.78 is 10.3. The summed E-state index contributed by atoms with van der Waals surface area (Å²) in [7, 11) is 3.51. The summed E-state index contributed by atoms with van der Waals surface area (Å²) in [6.07, 6.45) is 2.52. The summed E-state index contributed by atoms with van der Waals surface area (Å²) in [5, 5.41) is 3.45. The molecule has 2 atom stereocenters. The molecule has 1 rings (SSSR count). The van der Waals surface area contributed by atoms with Crippen molar-refractivity contribution in [3.05, 3.63) is 0 Å². The Morgan fingerprint density at radius 1 is 1.25 bits per heavy atom. The zero-order valence-corrected chi connectivity index (χ0v) is 8.01. The first kappa shape index (κ1) is 9.96. The lowest BCUT2D eigenvalue weighted by molar-refractivity contribution is 0.0707. The van der Waals surface area contributed by atoms with E-state index in [-0.39, 0.29) is 0 Å². The van der Waals surface area contributed by atoms with Crippen LogP contribution in [0.5, 0.6) is 0 Å². The predicted octanol–water partition coefficient (Wildman–Crippen LogP) is 0.647. The highest BCUT2D eigenvalue weighted by molar-refractivity contribution is 4.80. The van der Waals surface area contributed by atoms with Crippen LogP contribution in [0.25, 0.3) is 0 Å². The molecule has 3 heteroatoms. The van der Waals surface area contributed by atoms with E-state index in [0.717, 1.165) is 19.8 Å². The fourth-order valence-electron chi connectivity index (χ4n) is 1.81. The molecule has 0 aromatic carbocycles. The average Bonchev–Trinajstić information content (AvgIpc) is 2.09. The molecule has 3 nitrogen and oxygen atoms in total. The van der Waals surface area contributed by atoms with Gasteiger partial charge in [-0.15, -0.1) is 0 Å². The summed E-state index contributed by atoms with van der Waals surface area (Å²) in [6, 6.07) is 0.490. The van der Waals surface area contributed by atoms with Crippen molar-refractivity contribution in [2.75, 3.05) is 34.0 Å². The van der Waals surface area contributed by atoms with E-state index in [0.29, 0.717) is 12.0 Å². The SMILES string of the molecule is COCC1CCCNC1COC. The second-order valence-electron chi connectivity index (χ2n) is 3.37. The summed E-state index contributed by atoms with van der Waals surface area (Å²) in [4.78, 5) is 0. The van der Waals surface area contributed by atoms with Crippen LogP contribution in [0.2, 0.25) is 0 Å². The first-order chi connectivity index (χ1) is 5.88. The van der Waals surface area contributed by atoms with Crippen molar-refractivity contribution < 1.29 is 9.47 Å². The van der Waals surface area contributed by atoms with E-state index in [1.54, 1.807) is 14.2 Å². The minimum absolute atomic E-state index is 0.490. The monoisotopic (exact) mass is 173 g/mol. The fraction of sp³-hybridized carbons (Fsp3) is 1.00. The topological polar surface area (TPSA) is 30.5 Å². The first-order valence-corrected chi connectivity index (χ1v) is 4.59. The molecule has 0 amide bonds. The van der Waals surface area contributed by atoms with E-state index in [1.807, 2.05) is 0 Å². The number of rotatable bonds is 4.